The largest absolute Gasteiger partial charge is 0.319 e. The normalized spacial score (nSPS) is 23.8. The molecule has 2 aliphatic rings. The number of nitrogens with zero attached hydrogens (tertiary/aromatic N) is 1. The maximum Gasteiger partial charge on any atom is 0.226 e. The van der Waals surface area contributed by atoms with Gasteiger partial charge in [0.25, 0.3) is 0 Å². The van der Waals surface area contributed by atoms with Crippen molar-refractivity contribution in [1.29, 1.82) is 0 Å². The quantitative estimate of drug-likeness (QED) is 0.582. The molecule has 1 aliphatic heterocycles. The monoisotopic (exact) mass is 165 g/mol. The molecule has 2 nitrogen and oxygen atoms in total. The highest BCUT2D eigenvalue weighted by atomic mass is 16.2. The third kappa shape index (κ3) is 1.52. The fraction of sp³-hybridized carbons (Fsp3) is 0.700. The SMILES string of the molecule is O=C1CCCN1C=C1CCCC1. The Morgan fingerprint density at radius 2 is 1.83 bits per heavy atom. The first-order valence-corrected chi connectivity index (χ1v) is 4.85. The smallest absolute Gasteiger partial charge is 0.226 e. The van der Waals surface area contributed by atoms with Gasteiger partial charge in [0.15, 0.2) is 0 Å². The molecule has 1 saturated heterocycles. The predicted octanol–water partition coefficient (Wildman–Crippen LogP) is 2.07. The van der Waals surface area contributed by atoms with Gasteiger partial charge in [0.05, 0.1) is 0 Å². The topological polar surface area (TPSA) is 20.3 Å². The lowest BCUT2D eigenvalue weighted by molar-refractivity contribution is -0.125. The minimum atomic E-state index is 0.314. The molecule has 0 unspecified atom stereocenters. The molecule has 2 fully saturated rings. The molecule has 0 radical (unpaired) electrons. The van der Waals surface area contributed by atoms with Gasteiger partial charge in [0, 0.05) is 19.2 Å². The number of likely N-dealkylation sites (tertiary alicyclic amines) is 1. The van der Waals surface area contributed by atoms with E-state index in [1.165, 1.54) is 31.3 Å². The van der Waals surface area contributed by atoms with E-state index in [0.717, 1.165) is 19.4 Å². The van der Waals surface area contributed by atoms with E-state index in [1.807, 2.05) is 4.90 Å². The Labute approximate surface area is 73.2 Å². The van der Waals surface area contributed by atoms with E-state index in [0.29, 0.717) is 5.91 Å². The molecular weight excluding hydrogens is 150 g/mol. The second-order valence-corrected chi connectivity index (χ2v) is 3.69. The molecule has 12 heavy (non-hydrogen) atoms. The lowest BCUT2D eigenvalue weighted by Crippen LogP contribution is -2.17. The second kappa shape index (κ2) is 3.30. The Hall–Kier alpha value is -0.790. The molecule has 0 aromatic carbocycles. The molecule has 0 N–H and O–H groups in total. The number of allylic oxidation sites excluding steroid dienone is 1. The highest BCUT2D eigenvalue weighted by Gasteiger charge is 2.19. The van der Waals surface area contributed by atoms with Crippen molar-refractivity contribution in [3.8, 4) is 0 Å². The standard InChI is InChI=1S/C10H15NO/c12-10-6-3-7-11(10)8-9-4-1-2-5-9/h8H,1-7H2. The molecular formula is C10H15NO. The summed E-state index contributed by atoms with van der Waals surface area (Å²) < 4.78 is 0. The predicted molar refractivity (Wildman–Crippen MR) is 47.5 cm³/mol. The van der Waals surface area contributed by atoms with E-state index in [-0.39, 0.29) is 0 Å². The van der Waals surface area contributed by atoms with Crippen molar-refractivity contribution in [2.45, 2.75) is 38.5 Å². The van der Waals surface area contributed by atoms with Crippen LogP contribution >= 0.6 is 0 Å². The van der Waals surface area contributed by atoms with E-state index in [9.17, 15) is 4.79 Å². The van der Waals surface area contributed by atoms with Crippen LogP contribution in [-0.2, 0) is 4.79 Å². The van der Waals surface area contributed by atoms with Crippen LogP contribution in [0.3, 0.4) is 0 Å². The van der Waals surface area contributed by atoms with Gasteiger partial charge < -0.3 is 4.90 Å². The van der Waals surface area contributed by atoms with Crippen molar-refractivity contribution in [3.05, 3.63) is 11.8 Å². The van der Waals surface area contributed by atoms with Gasteiger partial charge >= 0.3 is 0 Å². The van der Waals surface area contributed by atoms with Crippen molar-refractivity contribution in [3.63, 3.8) is 0 Å². The summed E-state index contributed by atoms with van der Waals surface area (Å²) in [7, 11) is 0. The van der Waals surface area contributed by atoms with Crippen molar-refractivity contribution in [1.82, 2.24) is 4.90 Å². The van der Waals surface area contributed by atoms with Gasteiger partial charge in [-0.25, -0.2) is 0 Å². The third-order valence-electron chi connectivity index (χ3n) is 2.69. The van der Waals surface area contributed by atoms with Gasteiger partial charge in [-0.1, -0.05) is 5.57 Å². The second-order valence-electron chi connectivity index (χ2n) is 3.69. The van der Waals surface area contributed by atoms with Gasteiger partial charge in [-0.3, -0.25) is 4.79 Å². The van der Waals surface area contributed by atoms with Gasteiger partial charge in [-0.15, -0.1) is 0 Å². The summed E-state index contributed by atoms with van der Waals surface area (Å²) in [5.74, 6) is 0.314. The first kappa shape index (κ1) is 7.84. The zero-order valence-electron chi connectivity index (χ0n) is 7.38. The van der Waals surface area contributed by atoms with Crippen LogP contribution < -0.4 is 0 Å². The zero-order chi connectivity index (χ0) is 8.39. The Balaban J connectivity index is 2.00. The molecule has 66 valence electrons. The number of hydrogen-bond donors (Lipinski definition) is 0. The summed E-state index contributed by atoms with van der Waals surface area (Å²) in [5, 5.41) is 0. The van der Waals surface area contributed by atoms with Crippen molar-refractivity contribution in [2.24, 2.45) is 0 Å². The van der Waals surface area contributed by atoms with Crippen LogP contribution in [0.15, 0.2) is 11.8 Å². The molecule has 0 aromatic rings. The lowest BCUT2D eigenvalue weighted by Gasteiger charge is -2.10. The number of rotatable bonds is 1. The van der Waals surface area contributed by atoms with Gasteiger partial charge in [0.2, 0.25) is 5.91 Å². The number of amides is 1. The molecule has 0 aromatic heterocycles. The Bertz CT molecular complexity index is 212. The summed E-state index contributed by atoms with van der Waals surface area (Å²) in [6.45, 7) is 0.947. The Morgan fingerprint density at radius 1 is 1.08 bits per heavy atom. The van der Waals surface area contributed by atoms with Crippen LogP contribution in [0.1, 0.15) is 38.5 Å². The van der Waals surface area contributed by atoms with E-state index in [1.54, 1.807) is 0 Å². The van der Waals surface area contributed by atoms with Crippen LogP contribution in [0, 0.1) is 0 Å². The first-order valence-electron chi connectivity index (χ1n) is 4.85. The molecule has 1 amide bonds. The minimum Gasteiger partial charge on any atom is -0.319 e. The van der Waals surface area contributed by atoms with Crippen molar-refractivity contribution in [2.75, 3.05) is 6.54 Å². The van der Waals surface area contributed by atoms with Crippen LogP contribution in [0.5, 0.6) is 0 Å². The molecule has 1 saturated carbocycles. The molecule has 0 spiro atoms. The summed E-state index contributed by atoms with van der Waals surface area (Å²) in [5.41, 5.74) is 1.48. The fourth-order valence-electron chi connectivity index (χ4n) is 1.98. The van der Waals surface area contributed by atoms with Gasteiger partial charge in [0.1, 0.15) is 0 Å². The first-order chi connectivity index (χ1) is 5.86. The summed E-state index contributed by atoms with van der Waals surface area (Å²) in [6, 6.07) is 0. The lowest BCUT2D eigenvalue weighted by atomic mass is 10.2. The average Bonchev–Trinajstić information content (AvgIpc) is 2.65. The molecule has 1 heterocycles. The third-order valence-corrected chi connectivity index (χ3v) is 2.69. The van der Waals surface area contributed by atoms with Gasteiger partial charge in [-0.05, 0) is 32.1 Å². The molecule has 1 aliphatic carbocycles. The number of carbonyl (C=O) groups is 1. The summed E-state index contributed by atoms with van der Waals surface area (Å²) >= 11 is 0. The van der Waals surface area contributed by atoms with Crippen molar-refractivity contribution >= 4 is 5.91 Å². The van der Waals surface area contributed by atoms with Crippen LogP contribution in [0.25, 0.3) is 0 Å². The Morgan fingerprint density at radius 3 is 2.42 bits per heavy atom. The maximum absolute atomic E-state index is 11.2. The summed E-state index contributed by atoms with van der Waals surface area (Å²) in [4.78, 5) is 13.1. The molecule has 0 atom stereocenters. The maximum atomic E-state index is 11.2. The van der Waals surface area contributed by atoms with E-state index < -0.39 is 0 Å². The van der Waals surface area contributed by atoms with Gasteiger partial charge in [-0.2, -0.15) is 0 Å². The minimum absolute atomic E-state index is 0.314. The molecule has 0 bridgehead atoms. The van der Waals surface area contributed by atoms with Crippen molar-refractivity contribution < 1.29 is 4.79 Å². The van der Waals surface area contributed by atoms with Crippen LogP contribution in [0.4, 0.5) is 0 Å². The average molecular weight is 165 g/mol. The number of hydrogen-bond acceptors (Lipinski definition) is 1. The van der Waals surface area contributed by atoms with E-state index in [2.05, 4.69) is 6.20 Å². The van der Waals surface area contributed by atoms with Crippen LogP contribution in [0.2, 0.25) is 0 Å². The summed E-state index contributed by atoms with van der Waals surface area (Å²) in [6.07, 6.45) is 8.95. The number of carbonyl (C=O) groups excluding carboxylic acids is 1. The van der Waals surface area contributed by atoms with E-state index in [4.69, 9.17) is 0 Å². The highest BCUT2D eigenvalue weighted by Crippen LogP contribution is 2.25. The molecule has 2 rings (SSSR count). The van der Waals surface area contributed by atoms with E-state index >= 15 is 0 Å². The highest BCUT2D eigenvalue weighted by molar-refractivity contribution is 5.79. The fourth-order valence-corrected chi connectivity index (χ4v) is 1.98. The zero-order valence-corrected chi connectivity index (χ0v) is 7.38. The van der Waals surface area contributed by atoms with Crippen LogP contribution in [-0.4, -0.2) is 17.4 Å². The molecule has 2 heteroatoms. The Kier molecular flexibility index (Phi) is 2.15.